The van der Waals surface area contributed by atoms with Crippen LogP contribution in [0.15, 0.2) is 0 Å². The minimum absolute atomic E-state index is 0.00700. The van der Waals surface area contributed by atoms with Gasteiger partial charge in [-0.2, -0.15) is 0 Å². The van der Waals surface area contributed by atoms with E-state index >= 15 is 0 Å². The molecule has 0 aliphatic heterocycles. The molecule has 0 aromatic heterocycles. The van der Waals surface area contributed by atoms with Crippen LogP contribution in [-0.4, -0.2) is 164 Å². The van der Waals surface area contributed by atoms with Gasteiger partial charge < -0.3 is 60.1 Å². The van der Waals surface area contributed by atoms with Crippen LogP contribution in [0.25, 0.3) is 0 Å². The van der Waals surface area contributed by atoms with Gasteiger partial charge in [-0.3, -0.25) is 33.6 Å². The second-order valence-corrected chi connectivity index (χ2v) is 21.6. The Morgan fingerprint density at radius 3 is 1.96 bits per heavy atom. The van der Waals surface area contributed by atoms with E-state index in [1.165, 1.54) is 0 Å². The lowest BCUT2D eigenvalue weighted by atomic mass is 9.43. The van der Waals surface area contributed by atoms with Crippen LogP contribution in [-0.2, 0) is 62.0 Å². The first kappa shape index (κ1) is 65.4. The minimum atomic E-state index is -1.21. The number of ketones is 3. The van der Waals surface area contributed by atoms with Gasteiger partial charge in [0.25, 0.3) is 0 Å². The van der Waals surface area contributed by atoms with Crippen LogP contribution in [0.5, 0.6) is 0 Å². The van der Waals surface area contributed by atoms with Crippen LogP contribution in [0.3, 0.4) is 0 Å². The Balaban J connectivity index is 0.000000542. The number of hydrogen-bond donors (Lipinski definition) is 7. The average Bonchev–Trinajstić information content (AvgIpc) is 3.74. The van der Waals surface area contributed by atoms with Crippen LogP contribution < -0.4 is 16.0 Å². The number of amides is 3. The Bertz CT molecular complexity index is 1820. The molecular weight excluding hydrogens is 975 g/mol. The Hall–Kier alpha value is -3.92. The van der Waals surface area contributed by atoms with Crippen molar-refractivity contribution in [3.8, 4) is 0 Å². The zero-order valence-electron chi connectivity index (χ0n) is 45.9. The van der Waals surface area contributed by atoms with E-state index in [1.807, 2.05) is 13.8 Å². The molecule has 3 amide bonds. The monoisotopic (exact) mass is 1070 g/mol. The molecule has 4 saturated carbocycles. The lowest BCUT2D eigenvalue weighted by Crippen LogP contribution is -2.62. The SMILES string of the molecule is CCCNC(=O)CCC(=O)CC[C@H](NC(=O)COCC)C(=O)O.CCOCCCC(=O)COCCOCCNC(=O)CCC(=O)CO[C@H]1CC[C@@]2(C)[C@@H](C1)C[C@@H](O)[C@H]1C3CC[C@H]([C@H](C)CCC(=O)O)[C@@]3(C)[C@@H](O)C[C@@H]12. The van der Waals surface area contributed by atoms with Crippen LogP contribution in [0.2, 0.25) is 0 Å². The molecule has 75 heavy (non-hydrogen) atoms. The highest BCUT2D eigenvalue weighted by atomic mass is 16.5. The summed E-state index contributed by atoms with van der Waals surface area (Å²) in [5.74, 6) is -2.00. The first-order chi connectivity index (χ1) is 35.7. The standard InChI is InChI=1S/C40H67NO11.C15H26N2O6/c1-5-49-17-6-7-28(42)24-51-20-19-50-18-16-41-36(46)12-9-29(43)25-52-30-14-15-39(3)27(21-30)22-34(44)38-32-11-10-31(26(2)8-13-37(47)48)40(32,4)35(45)23-33(38)39;1-3-9-16-13(19)8-6-11(18)5-7-12(15(21)22)17-14(20)10-23-4-2/h26-27,30-35,38,44-45H,5-25H2,1-4H3,(H,41,46)(H,47,48);12H,3-10H2,1-2H3,(H,16,19)(H,17,20)(H,21,22)/t26-,27+,30+,31-,32?,33+,34-,35+,38+,39+,40-;12-/m10/s1. The highest BCUT2D eigenvalue weighted by Crippen LogP contribution is 2.68. The molecule has 430 valence electrons. The Kier molecular flexibility index (Phi) is 29.7. The molecule has 4 rings (SSSR count). The molecule has 4 aliphatic carbocycles. The summed E-state index contributed by atoms with van der Waals surface area (Å²) in [4.78, 5) is 93.5. The Labute approximate surface area is 444 Å². The van der Waals surface area contributed by atoms with Crippen molar-refractivity contribution in [3.05, 3.63) is 0 Å². The number of aliphatic hydroxyl groups excluding tert-OH is 2. The fraction of sp³-hybridized carbons (Fsp3) is 0.855. The smallest absolute Gasteiger partial charge is 0.326 e. The maximum Gasteiger partial charge on any atom is 0.326 e. The third-order valence-electron chi connectivity index (χ3n) is 16.6. The lowest BCUT2D eigenvalue weighted by molar-refractivity contribution is -0.209. The van der Waals surface area contributed by atoms with Crippen molar-refractivity contribution < 1.29 is 82.5 Å². The first-order valence-electron chi connectivity index (χ1n) is 27.8. The average molecular weight is 1070 g/mol. The lowest BCUT2D eigenvalue weighted by Gasteiger charge is -2.63. The predicted molar refractivity (Wildman–Crippen MR) is 276 cm³/mol. The summed E-state index contributed by atoms with van der Waals surface area (Å²) in [6, 6.07) is -1.14. The van der Waals surface area contributed by atoms with Crippen molar-refractivity contribution in [2.24, 2.45) is 46.3 Å². The number of carboxylic acid groups (broad SMARTS) is 2. The Morgan fingerprint density at radius 2 is 1.29 bits per heavy atom. The van der Waals surface area contributed by atoms with Crippen molar-refractivity contribution in [3.63, 3.8) is 0 Å². The Morgan fingerprint density at radius 1 is 0.627 bits per heavy atom. The number of ether oxygens (including phenoxy) is 5. The van der Waals surface area contributed by atoms with E-state index in [0.717, 1.165) is 38.5 Å². The van der Waals surface area contributed by atoms with Gasteiger partial charge in [0.05, 0.1) is 38.1 Å². The van der Waals surface area contributed by atoms with Crippen LogP contribution >= 0.6 is 0 Å². The fourth-order valence-corrected chi connectivity index (χ4v) is 12.4. The molecule has 0 aromatic rings. The molecule has 12 atom stereocenters. The van der Waals surface area contributed by atoms with E-state index in [4.69, 9.17) is 28.8 Å². The number of Topliss-reactive ketones (excluding diaryl/α,β-unsaturated/α-hetero) is 3. The molecule has 0 radical (unpaired) electrons. The number of fused-ring (bicyclic) bond motifs is 5. The molecule has 20 heteroatoms. The second kappa shape index (κ2) is 34.1. The summed E-state index contributed by atoms with van der Waals surface area (Å²) >= 11 is 0. The molecule has 0 aromatic carbocycles. The van der Waals surface area contributed by atoms with Crippen molar-refractivity contribution in [1.29, 1.82) is 0 Å². The van der Waals surface area contributed by atoms with Crippen molar-refractivity contribution in [2.75, 3.05) is 72.6 Å². The van der Waals surface area contributed by atoms with E-state index < -0.39 is 36.1 Å². The molecule has 0 bridgehead atoms. The number of carbonyl (C=O) groups excluding carboxylic acids is 6. The third kappa shape index (κ3) is 21.4. The summed E-state index contributed by atoms with van der Waals surface area (Å²) in [6.07, 6.45) is 7.79. The summed E-state index contributed by atoms with van der Waals surface area (Å²) in [5.41, 5.74) is -0.349. The van der Waals surface area contributed by atoms with E-state index in [0.29, 0.717) is 84.8 Å². The molecule has 0 heterocycles. The number of carbonyl (C=O) groups is 8. The summed E-state index contributed by atoms with van der Waals surface area (Å²) in [7, 11) is 0. The van der Waals surface area contributed by atoms with Gasteiger partial charge in [0.2, 0.25) is 17.7 Å². The van der Waals surface area contributed by atoms with Gasteiger partial charge in [-0.05, 0) is 131 Å². The van der Waals surface area contributed by atoms with Crippen LogP contribution in [0.1, 0.15) is 157 Å². The van der Waals surface area contributed by atoms with Crippen LogP contribution in [0, 0.1) is 46.3 Å². The number of rotatable bonds is 36. The van der Waals surface area contributed by atoms with Crippen LogP contribution in [0.4, 0.5) is 0 Å². The van der Waals surface area contributed by atoms with Crippen molar-refractivity contribution in [1.82, 2.24) is 16.0 Å². The number of aliphatic hydroxyl groups is 2. The molecule has 4 aliphatic rings. The van der Waals surface area contributed by atoms with Gasteiger partial charge in [0.1, 0.15) is 31.6 Å². The fourth-order valence-electron chi connectivity index (χ4n) is 12.4. The number of hydrogen-bond acceptors (Lipinski definition) is 15. The summed E-state index contributed by atoms with van der Waals surface area (Å²) in [5, 5.41) is 49.5. The maximum atomic E-state index is 12.6. The van der Waals surface area contributed by atoms with Gasteiger partial charge in [0, 0.05) is 77.9 Å². The second-order valence-electron chi connectivity index (χ2n) is 21.6. The van der Waals surface area contributed by atoms with Gasteiger partial charge in [-0.25, -0.2) is 4.79 Å². The quantitative estimate of drug-likeness (QED) is 0.0422. The number of carboxylic acids is 2. The molecule has 1 unspecified atom stereocenters. The largest absolute Gasteiger partial charge is 0.481 e. The van der Waals surface area contributed by atoms with Crippen molar-refractivity contribution >= 4 is 47.0 Å². The number of nitrogens with one attached hydrogen (secondary N) is 3. The molecule has 7 N–H and O–H groups in total. The summed E-state index contributed by atoms with van der Waals surface area (Å²) in [6.45, 7) is 15.4. The molecule has 0 saturated heterocycles. The third-order valence-corrected chi connectivity index (χ3v) is 16.6. The highest BCUT2D eigenvalue weighted by molar-refractivity contribution is 5.87. The summed E-state index contributed by atoms with van der Waals surface area (Å²) < 4.78 is 27.0. The molecule has 20 nitrogen and oxygen atoms in total. The first-order valence-corrected chi connectivity index (χ1v) is 27.8. The van der Waals surface area contributed by atoms with E-state index in [-0.39, 0.29) is 146 Å². The minimum Gasteiger partial charge on any atom is -0.481 e. The zero-order valence-corrected chi connectivity index (χ0v) is 45.9. The van der Waals surface area contributed by atoms with Gasteiger partial charge in [-0.15, -0.1) is 0 Å². The van der Waals surface area contributed by atoms with E-state index in [1.54, 1.807) is 6.92 Å². The van der Waals surface area contributed by atoms with Gasteiger partial charge >= 0.3 is 11.9 Å². The maximum absolute atomic E-state index is 12.6. The normalized spacial score (nSPS) is 27.5. The molecule has 0 spiro atoms. The predicted octanol–water partition coefficient (Wildman–Crippen LogP) is 4.61. The van der Waals surface area contributed by atoms with Gasteiger partial charge in [-0.1, -0.05) is 27.7 Å². The van der Waals surface area contributed by atoms with E-state index in [9.17, 15) is 53.7 Å². The molecular formula is C55H93N3O17. The van der Waals surface area contributed by atoms with Gasteiger partial charge in [0.15, 0.2) is 11.6 Å². The molecule has 4 fully saturated rings. The van der Waals surface area contributed by atoms with E-state index in [2.05, 4.69) is 36.7 Å². The highest BCUT2D eigenvalue weighted by Gasteiger charge is 2.65. The van der Waals surface area contributed by atoms with Crippen molar-refractivity contribution in [2.45, 2.75) is 181 Å². The zero-order chi connectivity index (χ0) is 55.6. The number of aliphatic carboxylic acids is 2. The topological polar surface area (TPSA) is 300 Å².